The summed E-state index contributed by atoms with van der Waals surface area (Å²) in [4.78, 5) is 29.1. The van der Waals surface area contributed by atoms with E-state index >= 15 is 0 Å². The number of likely N-dealkylation sites (tertiary alicyclic amines) is 1. The Morgan fingerprint density at radius 1 is 1.19 bits per heavy atom. The van der Waals surface area contributed by atoms with Crippen LogP contribution in [0.15, 0.2) is 45.7 Å². The molecule has 1 amide bonds. The van der Waals surface area contributed by atoms with Gasteiger partial charge in [-0.15, -0.1) is 0 Å². The van der Waals surface area contributed by atoms with E-state index in [4.69, 9.17) is 4.74 Å². The number of rotatable bonds is 3. The van der Waals surface area contributed by atoms with Crippen LogP contribution < -0.4 is 10.1 Å². The molecule has 1 N–H and O–H groups in total. The van der Waals surface area contributed by atoms with E-state index < -0.39 is 0 Å². The molecule has 0 bridgehead atoms. The van der Waals surface area contributed by atoms with E-state index in [2.05, 4.69) is 41.2 Å². The fourth-order valence-corrected chi connectivity index (χ4v) is 5.81. The lowest BCUT2D eigenvalue weighted by Gasteiger charge is -2.43. The molecule has 166 valence electrons. The first-order valence-electron chi connectivity index (χ1n) is 11.1. The monoisotopic (exact) mass is 486 g/mol. The maximum absolute atomic E-state index is 13.7. The third kappa shape index (κ3) is 4.19. The quantitative estimate of drug-likeness (QED) is 0.657. The van der Waals surface area contributed by atoms with E-state index in [1.54, 1.807) is 7.11 Å². The number of methoxy groups -OCH3 is 1. The molecule has 31 heavy (non-hydrogen) atoms. The molecule has 0 spiro atoms. The van der Waals surface area contributed by atoms with Crippen molar-refractivity contribution in [2.75, 3.05) is 20.2 Å². The summed E-state index contributed by atoms with van der Waals surface area (Å²) in [6.07, 6.45) is 5.88. The van der Waals surface area contributed by atoms with E-state index in [-0.39, 0.29) is 28.9 Å². The van der Waals surface area contributed by atoms with Crippen LogP contribution in [0.3, 0.4) is 0 Å². The molecule has 6 heteroatoms. The Bertz CT molecular complexity index is 973. The number of halogens is 1. The van der Waals surface area contributed by atoms with Crippen LogP contribution in [0.1, 0.15) is 57.9 Å². The summed E-state index contributed by atoms with van der Waals surface area (Å²) < 4.78 is 6.23. The van der Waals surface area contributed by atoms with Crippen molar-refractivity contribution in [3.05, 3.63) is 51.3 Å². The van der Waals surface area contributed by atoms with Crippen molar-refractivity contribution in [3.8, 4) is 5.75 Å². The molecule has 2 heterocycles. The molecule has 2 aliphatic heterocycles. The second kappa shape index (κ2) is 8.45. The first kappa shape index (κ1) is 22.1. The Kier molecular flexibility index (Phi) is 6.03. The number of allylic oxidation sites excluding steroid dienone is 3. The van der Waals surface area contributed by atoms with Gasteiger partial charge in [0.2, 0.25) is 0 Å². The van der Waals surface area contributed by atoms with Gasteiger partial charge in [0.15, 0.2) is 0 Å². The number of carbonyl (C=O) groups is 2. The number of Topliss-reactive ketones (excluding diaryl/α,β-unsaturated/α-hetero) is 1. The minimum atomic E-state index is -0.374. The van der Waals surface area contributed by atoms with Gasteiger partial charge in [-0.3, -0.25) is 9.59 Å². The van der Waals surface area contributed by atoms with E-state index in [0.717, 1.165) is 59.5 Å². The molecule has 1 aromatic carbocycles. The van der Waals surface area contributed by atoms with Crippen molar-refractivity contribution >= 4 is 27.6 Å². The van der Waals surface area contributed by atoms with E-state index in [1.807, 2.05) is 30.0 Å². The summed E-state index contributed by atoms with van der Waals surface area (Å²) in [5, 5.41) is 3.45. The molecule has 2 atom stereocenters. The van der Waals surface area contributed by atoms with Gasteiger partial charge < -0.3 is 15.0 Å². The third-order valence-electron chi connectivity index (χ3n) is 6.65. The summed E-state index contributed by atoms with van der Waals surface area (Å²) >= 11 is 3.59. The van der Waals surface area contributed by atoms with Gasteiger partial charge in [0.05, 0.1) is 17.5 Å². The molecule has 2 unspecified atom stereocenters. The maximum atomic E-state index is 13.7. The van der Waals surface area contributed by atoms with Gasteiger partial charge in [-0.05, 0) is 65.2 Å². The van der Waals surface area contributed by atoms with Crippen LogP contribution in [0.25, 0.3) is 0 Å². The molecule has 0 aromatic heterocycles. The zero-order chi connectivity index (χ0) is 22.3. The predicted octanol–water partition coefficient (Wildman–Crippen LogP) is 4.93. The van der Waals surface area contributed by atoms with Crippen molar-refractivity contribution in [3.63, 3.8) is 0 Å². The third-order valence-corrected chi connectivity index (χ3v) is 7.27. The topological polar surface area (TPSA) is 58.6 Å². The highest BCUT2D eigenvalue weighted by molar-refractivity contribution is 9.10. The zero-order valence-electron chi connectivity index (χ0n) is 18.8. The van der Waals surface area contributed by atoms with Gasteiger partial charge in [0.1, 0.15) is 11.5 Å². The maximum Gasteiger partial charge on any atom is 0.252 e. The molecule has 4 rings (SSSR count). The van der Waals surface area contributed by atoms with E-state index in [1.165, 1.54) is 0 Å². The van der Waals surface area contributed by atoms with Crippen molar-refractivity contribution in [2.24, 2.45) is 11.3 Å². The Balaban J connectivity index is 1.85. The highest BCUT2D eigenvalue weighted by atomic mass is 79.9. The molecular formula is C25H31BrN2O3. The van der Waals surface area contributed by atoms with E-state index in [0.29, 0.717) is 12.0 Å². The Morgan fingerprint density at radius 3 is 2.55 bits per heavy atom. The highest BCUT2D eigenvalue weighted by Gasteiger charge is 2.46. The molecule has 1 saturated heterocycles. The number of benzene rings is 1. The number of carbonyl (C=O) groups excluding carboxylic acids is 2. The highest BCUT2D eigenvalue weighted by Crippen LogP contribution is 2.48. The molecule has 1 aromatic rings. The molecule has 1 fully saturated rings. The number of hydrogen-bond donors (Lipinski definition) is 1. The average Bonchev–Trinajstić information content (AvgIpc) is 2.72. The Hall–Kier alpha value is -2.08. The minimum absolute atomic E-state index is 0.0540. The molecule has 0 radical (unpaired) electrons. The zero-order valence-corrected chi connectivity index (χ0v) is 20.3. The molecule has 5 nitrogen and oxygen atoms in total. The van der Waals surface area contributed by atoms with Gasteiger partial charge in [0, 0.05) is 42.4 Å². The first-order chi connectivity index (χ1) is 14.7. The van der Waals surface area contributed by atoms with Gasteiger partial charge in [-0.25, -0.2) is 0 Å². The van der Waals surface area contributed by atoms with Crippen molar-refractivity contribution in [1.29, 1.82) is 0 Å². The fraction of sp³-hybridized carbons (Fsp3) is 0.520. The number of piperidine rings is 1. The summed E-state index contributed by atoms with van der Waals surface area (Å²) in [5.41, 5.74) is 3.24. The second-order valence-electron chi connectivity index (χ2n) is 9.60. The Morgan fingerprint density at radius 2 is 1.90 bits per heavy atom. The molecule has 3 aliphatic rings. The van der Waals surface area contributed by atoms with Crippen LogP contribution in [0.5, 0.6) is 5.75 Å². The van der Waals surface area contributed by atoms with Crippen LogP contribution in [-0.4, -0.2) is 36.8 Å². The number of nitrogens with zero attached hydrogens (tertiary/aromatic N) is 1. The molecule has 0 saturated carbocycles. The van der Waals surface area contributed by atoms with Gasteiger partial charge in [-0.1, -0.05) is 26.0 Å². The number of hydrogen-bond acceptors (Lipinski definition) is 4. The summed E-state index contributed by atoms with van der Waals surface area (Å²) in [6, 6.07) is 5.89. The van der Waals surface area contributed by atoms with Crippen LogP contribution in [0.2, 0.25) is 0 Å². The summed E-state index contributed by atoms with van der Waals surface area (Å²) in [6.45, 7) is 7.70. The lowest BCUT2D eigenvalue weighted by molar-refractivity contribution is -0.129. The van der Waals surface area contributed by atoms with Gasteiger partial charge in [0.25, 0.3) is 5.91 Å². The summed E-state index contributed by atoms with van der Waals surface area (Å²) in [7, 11) is 1.63. The van der Waals surface area contributed by atoms with Crippen molar-refractivity contribution in [1.82, 2.24) is 10.2 Å². The molecular weight excluding hydrogens is 456 g/mol. The largest absolute Gasteiger partial charge is 0.496 e. The van der Waals surface area contributed by atoms with Crippen molar-refractivity contribution in [2.45, 2.75) is 52.4 Å². The van der Waals surface area contributed by atoms with Gasteiger partial charge in [-0.2, -0.15) is 0 Å². The summed E-state index contributed by atoms with van der Waals surface area (Å²) in [5.74, 6) is 0.282. The predicted molar refractivity (Wildman–Crippen MR) is 125 cm³/mol. The lowest BCUT2D eigenvalue weighted by Crippen LogP contribution is -2.46. The number of nitrogens with one attached hydrogen (secondary N) is 1. The SMILES string of the molecule is COc1ccc(C2C(C(=O)N3CCCCC3)=C(C)NC3=CC(C)(C)CC(=O)C32)cc1Br. The van der Waals surface area contributed by atoms with E-state index in [9.17, 15) is 9.59 Å². The van der Waals surface area contributed by atoms with Crippen LogP contribution in [-0.2, 0) is 9.59 Å². The van der Waals surface area contributed by atoms with Crippen LogP contribution in [0, 0.1) is 11.3 Å². The number of amides is 1. The minimum Gasteiger partial charge on any atom is -0.496 e. The Labute approximate surface area is 193 Å². The fourth-order valence-electron chi connectivity index (χ4n) is 5.25. The average molecular weight is 487 g/mol. The van der Waals surface area contributed by atoms with Crippen LogP contribution >= 0.6 is 15.9 Å². The first-order valence-corrected chi connectivity index (χ1v) is 11.9. The number of ketones is 1. The lowest BCUT2D eigenvalue weighted by atomic mass is 9.66. The second-order valence-corrected chi connectivity index (χ2v) is 10.5. The molecule has 1 aliphatic carbocycles. The number of ether oxygens (including phenoxy) is 1. The normalized spacial score (nSPS) is 25.5. The smallest absolute Gasteiger partial charge is 0.252 e. The number of fused-ring (bicyclic) bond motifs is 1. The van der Waals surface area contributed by atoms with Crippen LogP contribution in [0.4, 0.5) is 0 Å². The standard InChI is InChI=1S/C25H31BrN2O3/c1-15-21(24(30)28-10-6-5-7-11-28)22(16-8-9-20(31-4)17(26)12-16)23-18(27-15)13-25(2,3)14-19(23)29/h8-9,12-13,22-23,27H,5-7,10-11,14H2,1-4H3. The van der Waals surface area contributed by atoms with Crippen molar-refractivity contribution < 1.29 is 14.3 Å². The van der Waals surface area contributed by atoms with Gasteiger partial charge >= 0.3 is 0 Å².